The molecule has 0 bridgehead atoms. The van der Waals surface area contributed by atoms with Gasteiger partial charge in [0.15, 0.2) is 0 Å². The van der Waals surface area contributed by atoms with Crippen LogP contribution in [0.1, 0.15) is 24.2 Å². The lowest BCUT2D eigenvalue weighted by Gasteiger charge is -2.20. The monoisotopic (exact) mass is 264 g/mol. The van der Waals surface area contributed by atoms with Gasteiger partial charge in [-0.15, -0.1) is 0 Å². The van der Waals surface area contributed by atoms with Crippen LogP contribution in [0.25, 0.3) is 0 Å². The Morgan fingerprint density at radius 2 is 1.84 bits per heavy atom. The molecule has 0 heterocycles. The third-order valence-corrected chi connectivity index (χ3v) is 2.85. The van der Waals surface area contributed by atoms with Crippen LogP contribution in [0.3, 0.4) is 0 Å². The first-order valence-electron chi connectivity index (χ1n) is 6.16. The minimum absolute atomic E-state index is 0.0434. The third-order valence-electron chi connectivity index (χ3n) is 2.85. The van der Waals surface area contributed by atoms with E-state index in [2.05, 4.69) is 10.6 Å². The maximum atomic E-state index is 12.2. The largest absolute Gasteiger partial charge is 0.467 e. The highest BCUT2D eigenvalue weighted by Crippen LogP contribution is 2.15. The molecular formula is C14H20N2O3. The molecule has 1 aromatic rings. The predicted molar refractivity (Wildman–Crippen MR) is 74.1 cm³/mol. The summed E-state index contributed by atoms with van der Waals surface area (Å²) in [5.41, 5.74) is 1.21. The summed E-state index contributed by atoms with van der Waals surface area (Å²) >= 11 is 0. The van der Waals surface area contributed by atoms with Crippen molar-refractivity contribution in [3.8, 4) is 0 Å². The third kappa shape index (κ3) is 3.71. The molecule has 5 heteroatoms. The Balaban J connectivity index is 2.91. The predicted octanol–water partition coefficient (Wildman–Crippen LogP) is 1.66. The van der Waals surface area contributed by atoms with E-state index in [-0.39, 0.29) is 11.8 Å². The van der Waals surface area contributed by atoms with Gasteiger partial charge in [-0.05, 0) is 18.1 Å². The molecule has 1 unspecified atom stereocenters. The number of esters is 1. The SMILES string of the molecule is CNc1ccccc1C(=O)NC(C(=O)OC)C(C)C. The average molecular weight is 264 g/mol. The Hall–Kier alpha value is -2.04. The number of nitrogens with one attached hydrogen (secondary N) is 2. The van der Waals surface area contributed by atoms with Gasteiger partial charge in [-0.3, -0.25) is 4.79 Å². The van der Waals surface area contributed by atoms with Crippen molar-refractivity contribution in [2.75, 3.05) is 19.5 Å². The van der Waals surface area contributed by atoms with Gasteiger partial charge >= 0.3 is 5.97 Å². The van der Waals surface area contributed by atoms with E-state index in [0.717, 1.165) is 0 Å². The van der Waals surface area contributed by atoms with Gasteiger partial charge in [0.25, 0.3) is 5.91 Å². The number of para-hydroxylation sites is 1. The highest BCUT2D eigenvalue weighted by atomic mass is 16.5. The summed E-state index contributed by atoms with van der Waals surface area (Å²) < 4.78 is 4.70. The molecule has 19 heavy (non-hydrogen) atoms. The van der Waals surface area contributed by atoms with Crippen molar-refractivity contribution in [1.29, 1.82) is 0 Å². The van der Waals surface area contributed by atoms with Crippen LogP contribution in [0.4, 0.5) is 5.69 Å². The molecule has 0 aromatic heterocycles. The molecule has 0 spiro atoms. The van der Waals surface area contributed by atoms with Crippen molar-refractivity contribution in [3.05, 3.63) is 29.8 Å². The summed E-state index contributed by atoms with van der Waals surface area (Å²) in [6, 6.07) is 6.47. The maximum Gasteiger partial charge on any atom is 0.328 e. The van der Waals surface area contributed by atoms with Gasteiger partial charge in [-0.25, -0.2) is 4.79 Å². The smallest absolute Gasteiger partial charge is 0.328 e. The summed E-state index contributed by atoms with van der Waals surface area (Å²) in [7, 11) is 3.05. The van der Waals surface area contributed by atoms with Crippen LogP contribution in [0.5, 0.6) is 0 Å². The molecular weight excluding hydrogens is 244 g/mol. The Morgan fingerprint density at radius 1 is 1.21 bits per heavy atom. The highest BCUT2D eigenvalue weighted by Gasteiger charge is 2.25. The summed E-state index contributed by atoms with van der Waals surface area (Å²) in [5, 5.41) is 5.65. The zero-order chi connectivity index (χ0) is 14.4. The standard InChI is InChI=1S/C14H20N2O3/c1-9(2)12(14(18)19-4)16-13(17)10-7-5-6-8-11(10)15-3/h5-9,12,15H,1-4H3,(H,16,17). The summed E-state index contributed by atoms with van der Waals surface area (Å²) in [6.07, 6.45) is 0. The van der Waals surface area contributed by atoms with Crippen LogP contribution < -0.4 is 10.6 Å². The van der Waals surface area contributed by atoms with Crippen LogP contribution in [-0.4, -0.2) is 32.1 Å². The molecule has 0 radical (unpaired) electrons. The average Bonchev–Trinajstić information content (AvgIpc) is 2.43. The molecule has 1 rings (SSSR count). The molecule has 5 nitrogen and oxygen atoms in total. The molecule has 2 N–H and O–H groups in total. The van der Waals surface area contributed by atoms with Crippen LogP contribution in [0, 0.1) is 5.92 Å². The first-order chi connectivity index (χ1) is 9.01. The van der Waals surface area contributed by atoms with Crippen molar-refractivity contribution < 1.29 is 14.3 Å². The Morgan fingerprint density at radius 3 is 2.37 bits per heavy atom. The first-order valence-corrected chi connectivity index (χ1v) is 6.16. The fourth-order valence-electron chi connectivity index (χ4n) is 1.74. The fourth-order valence-corrected chi connectivity index (χ4v) is 1.74. The van der Waals surface area contributed by atoms with Crippen LogP contribution in [0.2, 0.25) is 0 Å². The van der Waals surface area contributed by atoms with Gasteiger partial charge in [0, 0.05) is 12.7 Å². The van der Waals surface area contributed by atoms with Crippen LogP contribution in [0.15, 0.2) is 24.3 Å². The Labute approximate surface area is 113 Å². The second-order valence-corrected chi connectivity index (χ2v) is 4.51. The molecule has 0 saturated heterocycles. The van der Waals surface area contributed by atoms with Gasteiger partial charge in [-0.2, -0.15) is 0 Å². The fraction of sp³-hybridized carbons (Fsp3) is 0.429. The van der Waals surface area contributed by atoms with Crippen LogP contribution in [-0.2, 0) is 9.53 Å². The number of anilines is 1. The molecule has 0 fully saturated rings. The summed E-state index contributed by atoms with van der Waals surface area (Å²) in [4.78, 5) is 23.8. The van der Waals surface area contributed by atoms with Crippen molar-refractivity contribution in [1.82, 2.24) is 5.32 Å². The molecule has 1 aromatic carbocycles. The molecule has 0 saturated carbocycles. The number of carbonyl (C=O) groups excluding carboxylic acids is 2. The van der Waals surface area contributed by atoms with Gasteiger partial charge in [0.1, 0.15) is 6.04 Å². The highest BCUT2D eigenvalue weighted by molar-refractivity contribution is 6.01. The van der Waals surface area contributed by atoms with Crippen molar-refractivity contribution >= 4 is 17.6 Å². The number of carbonyl (C=O) groups is 2. The molecule has 104 valence electrons. The molecule has 1 amide bonds. The van der Waals surface area contributed by atoms with Gasteiger partial charge in [0.05, 0.1) is 12.7 Å². The van der Waals surface area contributed by atoms with Gasteiger partial charge in [0.2, 0.25) is 0 Å². The van der Waals surface area contributed by atoms with Gasteiger partial charge < -0.3 is 15.4 Å². The van der Waals surface area contributed by atoms with E-state index >= 15 is 0 Å². The van der Waals surface area contributed by atoms with E-state index in [1.807, 2.05) is 19.9 Å². The van der Waals surface area contributed by atoms with E-state index in [1.54, 1.807) is 25.2 Å². The Kier molecular flexibility index (Phi) is 5.36. The molecule has 0 aliphatic rings. The van der Waals surface area contributed by atoms with E-state index < -0.39 is 12.0 Å². The molecule has 0 aliphatic carbocycles. The minimum Gasteiger partial charge on any atom is -0.467 e. The van der Waals surface area contributed by atoms with Crippen molar-refractivity contribution in [2.24, 2.45) is 5.92 Å². The number of benzene rings is 1. The lowest BCUT2D eigenvalue weighted by Crippen LogP contribution is -2.45. The zero-order valence-electron chi connectivity index (χ0n) is 11.7. The normalized spacial score (nSPS) is 11.8. The van der Waals surface area contributed by atoms with E-state index in [9.17, 15) is 9.59 Å². The quantitative estimate of drug-likeness (QED) is 0.794. The van der Waals surface area contributed by atoms with E-state index in [4.69, 9.17) is 4.74 Å². The van der Waals surface area contributed by atoms with Crippen molar-refractivity contribution in [2.45, 2.75) is 19.9 Å². The summed E-state index contributed by atoms with van der Waals surface area (Å²) in [6.45, 7) is 3.71. The zero-order valence-corrected chi connectivity index (χ0v) is 11.7. The number of ether oxygens (including phenoxy) is 1. The first kappa shape index (κ1) is 15.0. The lowest BCUT2D eigenvalue weighted by atomic mass is 10.0. The number of hydrogen-bond donors (Lipinski definition) is 2. The maximum absolute atomic E-state index is 12.2. The van der Waals surface area contributed by atoms with Crippen molar-refractivity contribution in [3.63, 3.8) is 0 Å². The van der Waals surface area contributed by atoms with Gasteiger partial charge in [-0.1, -0.05) is 26.0 Å². The van der Waals surface area contributed by atoms with E-state index in [1.165, 1.54) is 7.11 Å². The molecule has 1 atom stereocenters. The second-order valence-electron chi connectivity index (χ2n) is 4.51. The number of amides is 1. The minimum atomic E-state index is -0.651. The van der Waals surface area contributed by atoms with Crippen LogP contribution >= 0.6 is 0 Å². The number of hydrogen-bond acceptors (Lipinski definition) is 4. The summed E-state index contributed by atoms with van der Waals surface area (Å²) in [5.74, 6) is -0.780. The topological polar surface area (TPSA) is 67.4 Å². The lowest BCUT2D eigenvalue weighted by molar-refractivity contribution is -0.144. The second kappa shape index (κ2) is 6.78. The number of methoxy groups -OCH3 is 1. The molecule has 0 aliphatic heterocycles. The Bertz CT molecular complexity index is 458. The number of rotatable bonds is 5. The van der Waals surface area contributed by atoms with E-state index in [0.29, 0.717) is 11.3 Å².